The number of benzene rings is 3. The number of hydrogen-bond donors (Lipinski definition) is 0. The van der Waals surface area contributed by atoms with E-state index in [1.807, 2.05) is 49.0 Å². The lowest BCUT2D eigenvalue weighted by Gasteiger charge is -2.18. The third-order valence-electron chi connectivity index (χ3n) is 5.62. The van der Waals surface area contributed by atoms with E-state index in [1.54, 1.807) is 6.92 Å². The SMILES string of the molecule is CCCCC(Sc1ccc(OCC(=O)OCC)c(C)c1)c1ccc(-c2ccc(CF)cc2)cc1. The molecule has 3 aromatic rings. The lowest BCUT2D eigenvalue weighted by Crippen LogP contribution is -2.14. The van der Waals surface area contributed by atoms with Gasteiger partial charge in [-0.3, -0.25) is 0 Å². The fraction of sp³-hybridized carbons (Fsp3) is 0.345. The Balaban J connectivity index is 1.71. The van der Waals surface area contributed by atoms with Crippen molar-refractivity contribution >= 4 is 17.7 Å². The van der Waals surface area contributed by atoms with Crippen LogP contribution in [0.1, 0.15) is 55.1 Å². The van der Waals surface area contributed by atoms with E-state index in [1.165, 1.54) is 10.5 Å². The molecule has 0 spiro atoms. The molecule has 0 N–H and O–H groups in total. The fourth-order valence-corrected chi connectivity index (χ4v) is 5.02. The highest BCUT2D eigenvalue weighted by molar-refractivity contribution is 7.99. The number of ether oxygens (including phenoxy) is 2. The van der Waals surface area contributed by atoms with E-state index in [2.05, 4.69) is 43.3 Å². The van der Waals surface area contributed by atoms with Crippen molar-refractivity contribution in [3.63, 3.8) is 0 Å². The van der Waals surface area contributed by atoms with Crippen molar-refractivity contribution in [2.75, 3.05) is 13.2 Å². The van der Waals surface area contributed by atoms with Crippen LogP contribution in [0, 0.1) is 6.92 Å². The third kappa shape index (κ3) is 7.36. The minimum atomic E-state index is -0.437. The van der Waals surface area contributed by atoms with Crippen molar-refractivity contribution in [3.8, 4) is 16.9 Å². The number of alkyl halides is 1. The van der Waals surface area contributed by atoms with Gasteiger partial charge < -0.3 is 9.47 Å². The fourth-order valence-electron chi connectivity index (χ4n) is 3.72. The maximum absolute atomic E-state index is 12.8. The van der Waals surface area contributed by atoms with Gasteiger partial charge in [-0.05, 0) is 66.3 Å². The first kappa shape index (κ1) is 25.8. The first-order valence-corrected chi connectivity index (χ1v) is 12.7. The van der Waals surface area contributed by atoms with Gasteiger partial charge in [0.15, 0.2) is 6.61 Å². The minimum Gasteiger partial charge on any atom is -0.482 e. The highest BCUT2D eigenvalue weighted by Gasteiger charge is 2.15. The van der Waals surface area contributed by atoms with E-state index in [-0.39, 0.29) is 12.6 Å². The van der Waals surface area contributed by atoms with E-state index in [9.17, 15) is 9.18 Å². The number of halogens is 1. The summed E-state index contributed by atoms with van der Waals surface area (Å²) in [6, 6.07) is 22.4. The molecule has 3 nitrogen and oxygen atoms in total. The van der Waals surface area contributed by atoms with E-state index in [4.69, 9.17) is 9.47 Å². The Morgan fingerprint density at radius 3 is 2.24 bits per heavy atom. The van der Waals surface area contributed by atoms with Gasteiger partial charge in [0.2, 0.25) is 0 Å². The van der Waals surface area contributed by atoms with Crippen LogP contribution in [-0.4, -0.2) is 19.2 Å². The molecule has 0 saturated heterocycles. The third-order valence-corrected chi connectivity index (χ3v) is 6.94. The molecular formula is C29H33FO3S. The highest BCUT2D eigenvalue weighted by atomic mass is 32.2. The van der Waals surface area contributed by atoms with Crippen molar-refractivity contribution in [3.05, 3.63) is 83.4 Å². The molecule has 0 fully saturated rings. The summed E-state index contributed by atoms with van der Waals surface area (Å²) in [4.78, 5) is 12.7. The summed E-state index contributed by atoms with van der Waals surface area (Å²) in [6.07, 6.45) is 3.39. The molecule has 0 amide bonds. The number of thioether (sulfide) groups is 1. The molecule has 0 aliphatic heterocycles. The average molecular weight is 481 g/mol. The Morgan fingerprint density at radius 2 is 1.65 bits per heavy atom. The maximum atomic E-state index is 12.8. The van der Waals surface area contributed by atoms with Gasteiger partial charge in [-0.2, -0.15) is 0 Å². The van der Waals surface area contributed by atoms with Crippen molar-refractivity contribution in [1.82, 2.24) is 0 Å². The molecule has 180 valence electrons. The Labute approximate surface area is 206 Å². The van der Waals surface area contributed by atoms with Gasteiger partial charge in [0.25, 0.3) is 0 Å². The summed E-state index contributed by atoms with van der Waals surface area (Å²) >= 11 is 1.85. The summed E-state index contributed by atoms with van der Waals surface area (Å²) in [5, 5.41) is 0.341. The Hall–Kier alpha value is -2.79. The summed E-state index contributed by atoms with van der Waals surface area (Å²) in [5.74, 6) is 0.340. The number of carbonyl (C=O) groups is 1. The predicted octanol–water partition coefficient (Wildman–Crippen LogP) is 8.10. The average Bonchev–Trinajstić information content (AvgIpc) is 2.86. The van der Waals surface area contributed by atoms with Crippen LogP contribution in [0.25, 0.3) is 11.1 Å². The molecule has 3 aromatic carbocycles. The van der Waals surface area contributed by atoms with Gasteiger partial charge in [-0.1, -0.05) is 68.3 Å². The van der Waals surface area contributed by atoms with Crippen molar-refractivity contribution in [2.24, 2.45) is 0 Å². The zero-order chi connectivity index (χ0) is 24.3. The van der Waals surface area contributed by atoms with Crippen LogP contribution in [0.3, 0.4) is 0 Å². The molecule has 0 radical (unpaired) electrons. The molecule has 0 aliphatic carbocycles. The zero-order valence-electron chi connectivity index (χ0n) is 20.2. The Kier molecular flexibility index (Phi) is 10.0. The molecule has 1 atom stereocenters. The molecule has 0 aromatic heterocycles. The molecule has 0 aliphatic rings. The van der Waals surface area contributed by atoms with Crippen LogP contribution >= 0.6 is 11.8 Å². The van der Waals surface area contributed by atoms with Crippen molar-refractivity contribution in [2.45, 2.75) is 56.9 Å². The number of esters is 1. The quantitative estimate of drug-likeness (QED) is 0.194. The van der Waals surface area contributed by atoms with Gasteiger partial charge in [0, 0.05) is 10.1 Å². The Morgan fingerprint density at radius 1 is 0.971 bits per heavy atom. The number of aryl methyl sites for hydroxylation is 1. The first-order valence-electron chi connectivity index (χ1n) is 11.8. The smallest absolute Gasteiger partial charge is 0.344 e. The second-order valence-electron chi connectivity index (χ2n) is 8.22. The van der Waals surface area contributed by atoms with Gasteiger partial charge in [0.05, 0.1) is 6.61 Å². The van der Waals surface area contributed by atoms with Gasteiger partial charge in [-0.15, -0.1) is 11.8 Å². The van der Waals surface area contributed by atoms with Crippen LogP contribution in [0.15, 0.2) is 71.6 Å². The van der Waals surface area contributed by atoms with E-state index < -0.39 is 6.67 Å². The first-order chi connectivity index (χ1) is 16.5. The summed E-state index contributed by atoms with van der Waals surface area (Å²) in [7, 11) is 0. The van der Waals surface area contributed by atoms with Crippen LogP contribution in [0.2, 0.25) is 0 Å². The minimum absolute atomic E-state index is 0.0802. The second kappa shape index (κ2) is 13.2. The molecule has 0 bridgehead atoms. The molecule has 34 heavy (non-hydrogen) atoms. The standard InChI is InChI=1S/C29H33FO3S/c1-4-6-7-28(25-14-12-24(13-15-25)23-10-8-22(19-30)9-11-23)34-26-16-17-27(21(3)18-26)33-20-29(31)32-5-2/h8-18,28H,4-7,19-20H2,1-3H3. The summed E-state index contributed by atoms with van der Waals surface area (Å²) in [5.41, 5.74) is 5.21. The molecule has 0 heterocycles. The topological polar surface area (TPSA) is 35.5 Å². The van der Waals surface area contributed by atoms with Crippen molar-refractivity contribution < 1.29 is 18.7 Å². The molecular weight excluding hydrogens is 447 g/mol. The monoisotopic (exact) mass is 480 g/mol. The zero-order valence-corrected chi connectivity index (χ0v) is 21.0. The number of rotatable bonds is 12. The molecule has 5 heteroatoms. The highest BCUT2D eigenvalue weighted by Crippen LogP contribution is 2.40. The van der Waals surface area contributed by atoms with Crippen LogP contribution < -0.4 is 4.74 Å². The Bertz CT molecular complexity index is 1050. The van der Waals surface area contributed by atoms with E-state index in [0.29, 0.717) is 23.2 Å². The van der Waals surface area contributed by atoms with E-state index >= 15 is 0 Å². The molecule has 0 saturated carbocycles. The predicted molar refractivity (Wildman–Crippen MR) is 138 cm³/mol. The van der Waals surface area contributed by atoms with Crippen LogP contribution in [-0.2, 0) is 16.2 Å². The van der Waals surface area contributed by atoms with Gasteiger partial charge in [-0.25, -0.2) is 9.18 Å². The van der Waals surface area contributed by atoms with Crippen LogP contribution in [0.5, 0.6) is 5.75 Å². The lowest BCUT2D eigenvalue weighted by atomic mass is 10.0. The maximum Gasteiger partial charge on any atom is 0.344 e. The normalized spacial score (nSPS) is 11.8. The number of unbranched alkanes of at least 4 members (excludes halogenated alkanes) is 1. The number of hydrogen-bond acceptors (Lipinski definition) is 4. The number of carbonyl (C=O) groups excluding carboxylic acids is 1. The second-order valence-corrected chi connectivity index (χ2v) is 9.50. The van der Waals surface area contributed by atoms with Gasteiger partial charge in [0.1, 0.15) is 12.4 Å². The van der Waals surface area contributed by atoms with Crippen molar-refractivity contribution in [1.29, 1.82) is 0 Å². The van der Waals surface area contributed by atoms with Gasteiger partial charge >= 0.3 is 5.97 Å². The molecule has 3 rings (SSSR count). The largest absolute Gasteiger partial charge is 0.482 e. The molecule has 1 unspecified atom stereocenters. The summed E-state index contributed by atoms with van der Waals surface area (Å²) in [6.45, 7) is 5.82. The van der Waals surface area contributed by atoms with Crippen LogP contribution in [0.4, 0.5) is 4.39 Å². The van der Waals surface area contributed by atoms with E-state index in [0.717, 1.165) is 36.0 Å². The lowest BCUT2D eigenvalue weighted by molar-refractivity contribution is -0.145. The summed E-state index contributed by atoms with van der Waals surface area (Å²) < 4.78 is 23.4.